The lowest BCUT2D eigenvalue weighted by molar-refractivity contribution is -0.115. The zero-order chi connectivity index (χ0) is 17.9. The number of fused-ring (bicyclic) bond motifs is 1. The molecule has 0 aliphatic carbocycles. The average Bonchev–Trinajstić information content (AvgIpc) is 3.08. The number of para-hydroxylation sites is 1. The zero-order valence-corrected chi connectivity index (χ0v) is 14.5. The maximum atomic E-state index is 12.9. The van der Waals surface area contributed by atoms with Gasteiger partial charge in [-0.25, -0.2) is 14.4 Å². The Labute approximate surface area is 153 Å². The highest BCUT2D eigenvalue weighted by Crippen LogP contribution is 2.29. The van der Waals surface area contributed by atoms with Crippen molar-refractivity contribution >= 4 is 33.3 Å². The third kappa shape index (κ3) is 3.60. The van der Waals surface area contributed by atoms with Gasteiger partial charge in [-0.3, -0.25) is 4.79 Å². The summed E-state index contributed by atoms with van der Waals surface area (Å²) in [4.78, 5) is 21.0. The second kappa shape index (κ2) is 7.01. The average molecular weight is 363 g/mol. The highest BCUT2D eigenvalue weighted by atomic mass is 32.1. The van der Waals surface area contributed by atoms with Crippen molar-refractivity contribution < 1.29 is 9.18 Å². The van der Waals surface area contributed by atoms with Gasteiger partial charge in [-0.1, -0.05) is 24.3 Å². The second-order valence-electron chi connectivity index (χ2n) is 5.77. The van der Waals surface area contributed by atoms with Crippen molar-refractivity contribution in [2.45, 2.75) is 6.42 Å². The maximum Gasteiger partial charge on any atom is 0.229 e. The molecular formula is C20H14FN3OS. The summed E-state index contributed by atoms with van der Waals surface area (Å²) in [7, 11) is 0. The van der Waals surface area contributed by atoms with Gasteiger partial charge in [0.1, 0.15) is 16.6 Å². The van der Waals surface area contributed by atoms with E-state index in [1.54, 1.807) is 35.7 Å². The number of aromatic nitrogens is 2. The minimum Gasteiger partial charge on any atom is -0.310 e. The van der Waals surface area contributed by atoms with Gasteiger partial charge in [0.05, 0.1) is 16.6 Å². The van der Waals surface area contributed by atoms with E-state index in [0.717, 1.165) is 26.4 Å². The smallest absolute Gasteiger partial charge is 0.229 e. The second-order valence-corrected chi connectivity index (χ2v) is 6.80. The largest absolute Gasteiger partial charge is 0.310 e. The zero-order valence-electron chi connectivity index (χ0n) is 13.6. The van der Waals surface area contributed by atoms with E-state index >= 15 is 0 Å². The number of carbonyl (C=O) groups excluding carboxylic acids is 1. The molecule has 4 aromatic rings. The molecule has 0 spiro atoms. The van der Waals surface area contributed by atoms with Gasteiger partial charge >= 0.3 is 0 Å². The van der Waals surface area contributed by atoms with Gasteiger partial charge in [-0.2, -0.15) is 0 Å². The molecule has 0 aliphatic rings. The number of pyridine rings is 1. The molecule has 6 heteroatoms. The Balaban J connectivity index is 1.45. The number of benzene rings is 2. The molecule has 2 aromatic carbocycles. The molecule has 0 aliphatic heterocycles. The summed E-state index contributed by atoms with van der Waals surface area (Å²) in [5, 5.41) is 3.64. The predicted molar refractivity (Wildman–Crippen MR) is 102 cm³/mol. The molecule has 2 aromatic heterocycles. The van der Waals surface area contributed by atoms with E-state index in [9.17, 15) is 9.18 Å². The van der Waals surface area contributed by atoms with Crippen molar-refractivity contribution in [2.24, 2.45) is 0 Å². The monoisotopic (exact) mass is 363 g/mol. The highest BCUT2D eigenvalue weighted by molar-refractivity contribution is 7.21. The Morgan fingerprint density at radius 2 is 1.85 bits per heavy atom. The summed E-state index contributed by atoms with van der Waals surface area (Å²) in [6, 6.07) is 17.5. The van der Waals surface area contributed by atoms with Crippen LogP contribution in [0.1, 0.15) is 5.56 Å². The van der Waals surface area contributed by atoms with Crippen molar-refractivity contribution in [3.05, 3.63) is 78.2 Å². The van der Waals surface area contributed by atoms with Gasteiger partial charge in [0.2, 0.25) is 5.91 Å². The van der Waals surface area contributed by atoms with Crippen molar-refractivity contribution in [1.29, 1.82) is 0 Å². The number of nitrogens with one attached hydrogen (secondary N) is 1. The molecular weight excluding hydrogens is 349 g/mol. The van der Waals surface area contributed by atoms with Gasteiger partial charge in [0, 0.05) is 11.8 Å². The summed E-state index contributed by atoms with van der Waals surface area (Å²) < 4.78 is 14.0. The van der Waals surface area contributed by atoms with Gasteiger partial charge in [-0.05, 0) is 42.0 Å². The molecule has 0 radical (unpaired) electrons. The van der Waals surface area contributed by atoms with Crippen LogP contribution >= 0.6 is 11.3 Å². The van der Waals surface area contributed by atoms with Crippen molar-refractivity contribution in [3.63, 3.8) is 0 Å². The topological polar surface area (TPSA) is 54.9 Å². The Kier molecular flexibility index (Phi) is 4.41. The molecule has 4 rings (SSSR count). The summed E-state index contributed by atoms with van der Waals surface area (Å²) in [5.74, 6) is -0.0416. The number of thiazole rings is 1. The lowest BCUT2D eigenvalue weighted by Crippen LogP contribution is -2.15. The van der Waals surface area contributed by atoms with Gasteiger partial charge < -0.3 is 5.32 Å². The van der Waals surface area contributed by atoms with Crippen molar-refractivity contribution in [1.82, 2.24) is 9.97 Å². The van der Waals surface area contributed by atoms with Gasteiger partial charge in [-0.15, -0.1) is 11.3 Å². The Bertz CT molecular complexity index is 1030. The Morgan fingerprint density at radius 1 is 1.04 bits per heavy atom. The third-order valence-corrected chi connectivity index (χ3v) is 4.94. The maximum absolute atomic E-state index is 12.9. The quantitative estimate of drug-likeness (QED) is 0.573. The molecule has 128 valence electrons. The first-order valence-electron chi connectivity index (χ1n) is 8.04. The van der Waals surface area contributed by atoms with E-state index in [1.807, 2.05) is 30.3 Å². The van der Waals surface area contributed by atoms with E-state index < -0.39 is 0 Å². The van der Waals surface area contributed by atoms with Crippen LogP contribution in [-0.2, 0) is 11.2 Å². The fourth-order valence-corrected chi connectivity index (χ4v) is 3.52. The van der Waals surface area contributed by atoms with Gasteiger partial charge in [0.15, 0.2) is 0 Å². The van der Waals surface area contributed by atoms with Gasteiger partial charge in [0.25, 0.3) is 0 Å². The summed E-state index contributed by atoms with van der Waals surface area (Å²) in [6.07, 6.45) is 1.87. The number of halogens is 1. The fraction of sp³-hybridized carbons (Fsp3) is 0.0500. The van der Waals surface area contributed by atoms with Crippen LogP contribution in [0.15, 0.2) is 66.9 Å². The lowest BCUT2D eigenvalue weighted by atomic mass is 10.1. The van der Waals surface area contributed by atoms with E-state index in [1.165, 1.54) is 12.1 Å². The van der Waals surface area contributed by atoms with E-state index in [4.69, 9.17) is 0 Å². The van der Waals surface area contributed by atoms with Crippen LogP contribution in [0.4, 0.5) is 10.2 Å². The first-order valence-corrected chi connectivity index (χ1v) is 8.85. The van der Waals surface area contributed by atoms with Crippen molar-refractivity contribution in [2.75, 3.05) is 5.32 Å². The minimum absolute atomic E-state index is 0.168. The molecule has 1 N–H and O–H groups in total. The van der Waals surface area contributed by atoms with Crippen LogP contribution in [0.3, 0.4) is 0 Å². The van der Waals surface area contributed by atoms with Crippen LogP contribution in [-0.4, -0.2) is 15.9 Å². The molecule has 1 amide bonds. The van der Waals surface area contributed by atoms with Crippen LogP contribution in [0.5, 0.6) is 0 Å². The minimum atomic E-state index is -0.318. The van der Waals surface area contributed by atoms with Crippen LogP contribution in [0, 0.1) is 5.82 Å². The number of carbonyl (C=O) groups is 1. The van der Waals surface area contributed by atoms with Crippen LogP contribution in [0.25, 0.3) is 20.8 Å². The fourth-order valence-electron chi connectivity index (χ4n) is 2.56. The first-order chi connectivity index (χ1) is 12.7. The molecule has 0 atom stereocenters. The molecule has 26 heavy (non-hydrogen) atoms. The van der Waals surface area contributed by atoms with E-state index in [-0.39, 0.29) is 18.1 Å². The van der Waals surface area contributed by atoms with E-state index in [2.05, 4.69) is 15.3 Å². The summed E-state index contributed by atoms with van der Waals surface area (Å²) in [5.41, 5.74) is 2.61. The molecule has 4 nitrogen and oxygen atoms in total. The molecule has 2 heterocycles. The number of nitrogens with zero attached hydrogens (tertiary/aromatic N) is 2. The Morgan fingerprint density at radius 3 is 2.58 bits per heavy atom. The first kappa shape index (κ1) is 16.4. The van der Waals surface area contributed by atoms with Crippen LogP contribution < -0.4 is 5.32 Å². The van der Waals surface area contributed by atoms with Crippen LogP contribution in [0.2, 0.25) is 0 Å². The number of hydrogen-bond acceptors (Lipinski definition) is 4. The highest BCUT2D eigenvalue weighted by Gasteiger charge is 2.08. The van der Waals surface area contributed by atoms with Crippen molar-refractivity contribution in [3.8, 4) is 10.6 Å². The predicted octanol–water partition coefficient (Wildman–Crippen LogP) is 4.68. The number of hydrogen-bond donors (Lipinski definition) is 1. The summed E-state index contributed by atoms with van der Waals surface area (Å²) in [6.45, 7) is 0. The SMILES string of the molecule is O=C(Cc1ccc(F)cc1)Nc1ccc(-c2nc3ccccc3s2)cn1. The lowest BCUT2D eigenvalue weighted by Gasteiger charge is -2.05. The number of rotatable bonds is 4. The molecule has 0 fully saturated rings. The summed E-state index contributed by atoms with van der Waals surface area (Å²) >= 11 is 1.60. The molecule has 0 saturated carbocycles. The number of anilines is 1. The molecule has 0 saturated heterocycles. The Hall–Kier alpha value is -3.12. The van der Waals surface area contributed by atoms with E-state index in [0.29, 0.717) is 5.82 Å². The number of amides is 1. The molecule has 0 bridgehead atoms. The third-order valence-electron chi connectivity index (χ3n) is 3.85. The standard InChI is InChI=1S/C20H14FN3OS/c21-15-8-5-13(6-9-15)11-19(25)24-18-10-7-14(12-22-18)20-23-16-3-1-2-4-17(16)26-20/h1-10,12H,11H2,(H,22,24,25). The molecule has 0 unspecified atom stereocenters. The normalized spacial score (nSPS) is 10.8.